The van der Waals surface area contributed by atoms with Crippen LogP contribution >= 0.6 is 11.3 Å². The van der Waals surface area contributed by atoms with Crippen LogP contribution in [0.5, 0.6) is 0 Å². The fourth-order valence-corrected chi connectivity index (χ4v) is 5.15. The number of likely N-dealkylation sites (N-methyl/N-ethyl adjacent to an activating group) is 1. The molecule has 3 heterocycles. The number of aromatic nitrogens is 4. The van der Waals surface area contributed by atoms with E-state index in [9.17, 15) is 13.2 Å². The van der Waals surface area contributed by atoms with Crippen molar-refractivity contribution in [2.45, 2.75) is 4.21 Å². The van der Waals surface area contributed by atoms with Gasteiger partial charge in [0.15, 0.2) is 5.65 Å². The monoisotopic (exact) mass is 430 g/mol. The third-order valence-electron chi connectivity index (χ3n) is 4.32. The Bertz CT molecular complexity index is 1280. The molecular weight excluding hydrogens is 412 g/mol. The number of para-hydroxylation sites is 1. The Hall–Kier alpha value is -3.02. The van der Waals surface area contributed by atoms with Crippen LogP contribution < -0.4 is 10.9 Å². The number of hydrogen-bond acceptors (Lipinski definition) is 7. The molecule has 0 atom stereocenters. The highest BCUT2D eigenvalue weighted by Gasteiger charge is 2.21. The third kappa shape index (κ3) is 3.79. The van der Waals surface area contributed by atoms with Crippen molar-refractivity contribution >= 4 is 38.3 Å². The van der Waals surface area contributed by atoms with Gasteiger partial charge in [-0.25, -0.2) is 13.1 Å². The van der Waals surface area contributed by atoms with Gasteiger partial charge in [0, 0.05) is 20.1 Å². The van der Waals surface area contributed by atoms with Crippen molar-refractivity contribution in [3.63, 3.8) is 0 Å². The summed E-state index contributed by atoms with van der Waals surface area (Å²) in [6, 6.07) is 12.6. The number of aromatic amines is 1. The van der Waals surface area contributed by atoms with Gasteiger partial charge in [0.25, 0.3) is 15.6 Å². The standard InChI is InChI=1S/C18H18N6O3S2/c1-23(29(26,27)15-8-5-11-28-15)10-9-19-18-21-16-14(17(25)22-18)12-20-24(16)13-6-3-2-4-7-13/h2-8,11-12H,9-10H2,1H3,(H2,19,21,22,25). The second-order valence-corrected chi connectivity index (χ2v) is 9.45. The molecule has 1 aromatic carbocycles. The van der Waals surface area contributed by atoms with Crippen LogP contribution in [-0.2, 0) is 10.0 Å². The van der Waals surface area contributed by atoms with E-state index in [1.165, 1.54) is 28.9 Å². The minimum absolute atomic E-state index is 0.208. The third-order valence-corrected chi connectivity index (χ3v) is 7.55. The molecule has 9 nitrogen and oxygen atoms in total. The smallest absolute Gasteiger partial charge is 0.263 e. The molecule has 0 aliphatic carbocycles. The van der Waals surface area contributed by atoms with Gasteiger partial charge in [-0.05, 0) is 23.6 Å². The molecule has 0 saturated heterocycles. The molecule has 150 valence electrons. The van der Waals surface area contributed by atoms with Crippen molar-refractivity contribution in [3.05, 3.63) is 64.4 Å². The average molecular weight is 431 g/mol. The largest absolute Gasteiger partial charge is 0.354 e. The van der Waals surface area contributed by atoms with Crippen molar-refractivity contribution < 1.29 is 8.42 Å². The lowest BCUT2D eigenvalue weighted by atomic mass is 10.3. The van der Waals surface area contributed by atoms with Gasteiger partial charge in [0.2, 0.25) is 5.95 Å². The Balaban J connectivity index is 1.52. The second-order valence-electron chi connectivity index (χ2n) is 6.23. The van der Waals surface area contributed by atoms with Crippen LogP contribution in [0.2, 0.25) is 0 Å². The summed E-state index contributed by atoms with van der Waals surface area (Å²) >= 11 is 1.17. The zero-order valence-corrected chi connectivity index (χ0v) is 17.1. The number of sulfonamides is 1. The predicted molar refractivity (Wildman–Crippen MR) is 112 cm³/mol. The molecule has 0 radical (unpaired) electrons. The molecular formula is C18H18N6O3S2. The van der Waals surface area contributed by atoms with E-state index < -0.39 is 10.0 Å². The number of hydrogen-bond donors (Lipinski definition) is 2. The Morgan fingerprint density at radius 3 is 2.72 bits per heavy atom. The van der Waals surface area contributed by atoms with Crippen LogP contribution in [0.1, 0.15) is 0 Å². The lowest BCUT2D eigenvalue weighted by Crippen LogP contribution is -2.31. The van der Waals surface area contributed by atoms with Gasteiger partial charge >= 0.3 is 0 Å². The number of nitrogens with zero attached hydrogens (tertiary/aromatic N) is 4. The molecule has 3 aromatic heterocycles. The number of fused-ring (bicyclic) bond motifs is 1. The van der Waals surface area contributed by atoms with E-state index in [4.69, 9.17) is 0 Å². The molecule has 29 heavy (non-hydrogen) atoms. The van der Waals surface area contributed by atoms with E-state index in [0.29, 0.717) is 15.2 Å². The topological polar surface area (TPSA) is 113 Å². The lowest BCUT2D eigenvalue weighted by molar-refractivity contribution is 0.482. The summed E-state index contributed by atoms with van der Waals surface area (Å²) in [5.41, 5.74) is 0.884. The van der Waals surface area contributed by atoms with Crippen LogP contribution in [0.3, 0.4) is 0 Å². The number of thiophene rings is 1. The first-order chi connectivity index (χ1) is 14.0. The Morgan fingerprint density at radius 2 is 2.00 bits per heavy atom. The van der Waals surface area contributed by atoms with Crippen LogP contribution in [0.4, 0.5) is 5.95 Å². The zero-order chi connectivity index (χ0) is 20.4. The molecule has 11 heteroatoms. The van der Waals surface area contributed by atoms with Gasteiger partial charge < -0.3 is 5.32 Å². The zero-order valence-electron chi connectivity index (χ0n) is 15.4. The van der Waals surface area contributed by atoms with Gasteiger partial charge in [0.05, 0.1) is 11.9 Å². The van der Waals surface area contributed by atoms with E-state index in [1.807, 2.05) is 30.3 Å². The number of H-pyrrole nitrogens is 1. The molecule has 0 bridgehead atoms. The van der Waals surface area contributed by atoms with Crippen molar-refractivity contribution in [3.8, 4) is 5.69 Å². The minimum atomic E-state index is -3.52. The molecule has 0 aliphatic rings. The van der Waals surface area contributed by atoms with Gasteiger partial charge in [0.1, 0.15) is 9.60 Å². The first-order valence-electron chi connectivity index (χ1n) is 8.74. The summed E-state index contributed by atoms with van der Waals surface area (Å²) in [7, 11) is -2.01. The first-order valence-corrected chi connectivity index (χ1v) is 11.1. The first kappa shape index (κ1) is 19.3. The molecule has 0 unspecified atom stereocenters. The molecule has 0 saturated carbocycles. The SMILES string of the molecule is CN(CCNc1nc2c(cnn2-c2ccccc2)c(=O)[nH]1)S(=O)(=O)c1cccs1. The molecule has 0 amide bonds. The quantitative estimate of drug-likeness (QED) is 0.463. The van der Waals surface area contributed by atoms with Gasteiger partial charge in [-0.2, -0.15) is 14.4 Å². The van der Waals surface area contributed by atoms with E-state index in [1.54, 1.807) is 22.2 Å². The van der Waals surface area contributed by atoms with Crippen LogP contribution in [-0.4, -0.2) is 52.6 Å². The maximum Gasteiger partial charge on any atom is 0.263 e. The Morgan fingerprint density at radius 1 is 1.21 bits per heavy atom. The van der Waals surface area contributed by atoms with Gasteiger partial charge in [-0.3, -0.25) is 9.78 Å². The highest BCUT2D eigenvalue weighted by Crippen LogP contribution is 2.19. The molecule has 4 aromatic rings. The van der Waals surface area contributed by atoms with Crippen molar-refractivity contribution in [2.75, 3.05) is 25.5 Å². The van der Waals surface area contributed by atoms with Gasteiger partial charge in [-0.1, -0.05) is 24.3 Å². The number of benzene rings is 1. The van der Waals surface area contributed by atoms with Crippen molar-refractivity contribution in [1.82, 2.24) is 24.1 Å². The maximum absolute atomic E-state index is 12.5. The number of rotatable bonds is 7. The normalized spacial score (nSPS) is 11.9. The summed E-state index contributed by atoms with van der Waals surface area (Å²) < 4.78 is 28.0. The molecule has 0 aliphatic heterocycles. The summed E-state index contributed by atoms with van der Waals surface area (Å²) in [6.07, 6.45) is 1.47. The van der Waals surface area contributed by atoms with E-state index >= 15 is 0 Å². The summed E-state index contributed by atoms with van der Waals surface area (Å²) in [5, 5.41) is 9.33. The Kier molecular flexibility index (Phi) is 5.18. The highest BCUT2D eigenvalue weighted by molar-refractivity contribution is 7.91. The van der Waals surface area contributed by atoms with Crippen LogP contribution in [0.15, 0.2) is 63.0 Å². The number of anilines is 1. The predicted octanol–water partition coefficient (Wildman–Crippen LogP) is 1.90. The van der Waals surface area contributed by atoms with E-state index in [0.717, 1.165) is 5.69 Å². The average Bonchev–Trinajstić information content (AvgIpc) is 3.39. The van der Waals surface area contributed by atoms with Crippen molar-refractivity contribution in [1.29, 1.82) is 0 Å². The summed E-state index contributed by atoms with van der Waals surface area (Å²) in [4.78, 5) is 19.5. The minimum Gasteiger partial charge on any atom is -0.354 e. The molecule has 0 spiro atoms. The molecule has 0 fully saturated rings. The van der Waals surface area contributed by atoms with Crippen LogP contribution in [0.25, 0.3) is 16.7 Å². The fraction of sp³-hybridized carbons (Fsp3) is 0.167. The second kappa shape index (κ2) is 7.78. The molecule has 2 N–H and O–H groups in total. The summed E-state index contributed by atoms with van der Waals surface area (Å²) in [6.45, 7) is 0.481. The van der Waals surface area contributed by atoms with E-state index in [2.05, 4.69) is 20.4 Å². The van der Waals surface area contributed by atoms with E-state index in [-0.39, 0.29) is 24.6 Å². The highest BCUT2D eigenvalue weighted by atomic mass is 32.2. The van der Waals surface area contributed by atoms with Crippen molar-refractivity contribution in [2.24, 2.45) is 0 Å². The summed E-state index contributed by atoms with van der Waals surface area (Å²) in [5.74, 6) is 0.252. The number of nitrogens with one attached hydrogen (secondary N) is 2. The maximum atomic E-state index is 12.5. The Labute approximate surface area is 170 Å². The fourth-order valence-electron chi connectivity index (χ4n) is 2.78. The van der Waals surface area contributed by atoms with Gasteiger partial charge in [-0.15, -0.1) is 11.3 Å². The molecule has 4 rings (SSSR count). The van der Waals surface area contributed by atoms with Crippen LogP contribution in [0, 0.1) is 0 Å². The lowest BCUT2D eigenvalue weighted by Gasteiger charge is -2.16.